The molecule has 1 rings (SSSR count). The van der Waals surface area contributed by atoms with Crippen molar-refractivity contribution in [1.29, 1.82) is 0 Å². The first-order valence-electron chi connectivity index (χ1n) is 6.52. The molecule has 1 amide bonds. The van der Waals surface area contributed by atoms with E-state index in [1.54, 1.807) is 19.1 Å². The molecular formula is C14H20F2N2O2. The fourth-order valence-electron chi connectivity index (χ4n) is 1.83. The highest BCUT2D eigenvalue weighted by Gasteiger charge is 2.16. The van der Waals surface area contributed by atoms with Crippen molar-refractivity contribution in [2.45, 2.75) is 39.5 Å². The van der Waals surface area contributed by atoms with Crippen LogP contribution in [0, 0.1) is 0 Å². The summed E-state index contributed by atoms with van der Waals surface area (Å²) in [4.78, 5) is 11.6. The van der Waals surface area contributed by atoms with Crippen LogP contribution in [0.25, 0.3) is 0 Å². The average Bonchev–Trinajstić information content (AvgIpc) is 2.38. The van der Waals surface area contributed by atoms with Crippen molar-refractivity contribution in [1.82, 2.24) is 10.6 Å². The highest BCUT2D eigenvalue weighted by molar-refractivity contribution is 5.81. The molecule has 0 bridgehead atoms. The Morgan fingerprint density at radius 3 is 2.65 bits per heavy atom. The minimum absolute atomic E-state index is 0.0978. The van der Waals surface area contributed by atoms with Crippen LogP contribution in [-0.4, -0.2) is 25.1 Å². The molecule has 0 heterocycles. The van der Waals surface area contributed by atoms with Crippen LogP contribution in [-0.2, 0) is 4.79 Å². The third-order valence-corrected chi connectivity index (χ3v) is 2.83. The summed E-state index contributed by atoms with van der Waals surface area (Å²) in [7, 11) is 0. The molecule has 0 aliphatic rings. The number of benzene rings is 1. The Hall–Kier alpha value is -1.69. The number of alkyl halides is 2. The van der Waals surface area contributed by atoms with Gasteiger partial charge in [-0.3, -0.25) is 10.1 Å². The van der Waals surface area contributed by atoms with E-state index in [-0.39, 0.29) is 23.7 Å². The molecule has 0 saturated heterocycles. The molecule has 0 spiro atoms. The van der Waals surface area contributed by atoms with Gasteiger partial charge in [-0.1, -0.05) is 12.1 Å². The Bertz CT molecular complexity index is 441. The predicted octanol–water partition coefficient (Wildman–Crippen LogP) is 2.46. The highest BCUT2D eigenvalue weighted by atomic mass is 19.3. The van der Waals surface area contributed by atoms with E-state index >= 15 is 0 Å². The monoisotopic (exact) mass is 286 g/mol. The van der Waals surface area contributed by atoms with Gasteiger partial charge in [0.25, 0.3) is 0 Å². The van der Waals surface area contributed by atoms with Crippen LogP contribution in [0.15, 0.2) is 24.3 Å². The van der Waals surface area contributed by atoms with Gasteiger partial charge in [0.15, 0.2) is 0 Å². The standard InChI is InChI=1S/C14H20F2N2O2/c1-4-17-13(19)10(3)18-9(2)11-6-5-7-12(8-11)20-14(15)16/h5-10,14,18H,4H2,1-3H3,(H,17,19). The lowest BCUT2D eigenvalue weighted by Gasteiger charge is -2.20. The van der Waals surface area contributed by atoms with Gasteiger partial charge in [-0.15, -0.1) is 0 Å². The van der Waals surface area contributed by atoms with E-state index in [1.807, 2.05) is 13.8 Å². The maximum Gasteiger partial charge on any atom is 0.387 e. The number of carbonyl (C=O) groups excluding carboxylic acids is 1. The van der Waals surface area contributed by atoms with Crippen molar-refractivity contribution in [2.24, 2.45) is 0 Å². The fraction of sp³-hybridized carbons (Fsp3) is 0.500. The third kappa shape index (κ3) is 5.13. The van der Waals surface area contributed by atoms with Crippen molar-refractivity contribution >= 4 is 5.91 Å². The Balaban J connectivity index is 2.67. The van der Waals surface area contributed by atoms with Crippen LogP contribution in [0.1, 0.15) is 32.4 Å². The Kier molecular flexibility index (Phi) is 6.38. The number of nitrogens with one attached hydrogen (secondary N) is 2. The number of halogens is 2. The summed E-state index contributed by atoms with van der Waals surface area (Å²) in [6.45, 7) is 3.18. The van der Waals surface area contributed by atoms with Gasteiger partial charge in [0.05, 0.1) is 6.04 Å². The lowest BCUT2D eigenvalue weighted by molar-refractivity contribution is -0.122. The second kappa shape index (κ2) is 7.79. The lowest BCUT2D eigenvalue weighted by Crippen LogP contribution is -2.43. The van der Waals surface area contributed by atoms with Crippen molar-refractivity contribution < 1.29 is 18.3 Å². The molecular weight excluding hydrogens is 266 g/mol. The molecule has 20 heavy (non-hydrogen) atoms. The van der Waals surface area contributed by atoms with Gasteiger partial charge in [-0.05, 0) is 38.5 Å². The Morgan fingerprint density at radius 1 is 1.35 bits per heavy atom. The van der Waals surface area contributed by atoms with Gasteiger partial charge in [-0.25, -0.2) is 0 Å². The fourth-order valence-corrected chi connectivity index (χ4v) is 1.83. The number of carbonyl (C=O) groups is 1. The molecule has 0 aromatic heterocycles. The normalized spacial score (nSPS) is 13.9. The van der Waals surface area contributed by atoms with Crippen LogP contribution >= 0.6 is 0 Å². The van der Waals surface area contributed by atoms with Crippen LogP contribution in [0.4, 0.5) is 8.78 Å². The molecule has 0 aliphatic carbocycles. The second-order valence-electron chi connectivity index (χ2n) is 4.46. The Morgan fingerprint density at radius 2 is 2.05 bits per heavy atom. The first kappa shape index (κ1) is 16.4. The summed E-state index contributed by atoms with van der Waals surface area (Å²) < 4.78 is 28.7. The lowest BCUT2D eigenvalue weighted by atomic mass is 10.1. The maximum absolute atomic E-state index is 12.2. The zero-order valence-corrected chi connectivity index (χ0v) is 11.8. The number of amides is 1. The van der Waals surface area contributed by atoms with Crippen LogP contribution in [0.2, 0.25) is 0 Å². The maximum atomic E-state index is 12.2. The minimum Gasteiger partial charge on any atom is -0.435 e. The molecule has 2 unspecified atom stereocenters. The van der Waals surface area contributed by atoms with E-state index in [2.05, 4.69) is 15.4 Å². The predicted molar refractivity (Wildman–Crippen MR) is 72.8 cm³/mol. The first-order chi connectivity index (χ1) is 9.43. The first-order valence-corrected chi connectivity index (χ1v) is 6.52. The van der Waals surface area contributed by atoms with E-state index in [1.165, 1.54) is 12.1 Å². The summed E-state index contributed by atoms with van der Waals surface area (Å²) in [6.07, 6.45) is 0. The molecule has 1 aromatic rings. The van der Waals surface area contributed by atoms with E-state index in [4.69, 9.17) is 0 Å². The van der Waals surface area contributed by atoms with E-state index < -0.39 is 6.61 Å². The van der Waals surface area contributed by atoms with Gasteiger partial charge >= 0.3 is 6.61 Å². The van der Waals surface area contributed by atoms with Gasteiger partial charge in [-0.2, -0.15) is 8.78 Å². The SMILES string of the molecule is CCNC(=O)C(C)NC(C)c1cccc(OC(F)F)c1. The molecule has 1 aromatic carbocycles. The number of likely N-dealkylation sites (N-methyl/N-ethyl adjacent to an activating group) is 1. The molecule has 0 aliphatic heterocycles. The largest absolute Gasteiger partial charge is 0.435 e. The Labute approximate surface area is 117 Å². The van der Waals surface area contributed by atoms with E-state index in [0.29, 0.717) is 6.54 Å². The smallest absolute Gasteiger partial charge is 0.387 e. The summed E-state index contributed by atoms with van der Waals surface area (Å²) >= 11 is 0. The van der Waals surface area contributed by atoms with Gasteiger partial charge in [0.2, 0.25) is 5.91 Å². The summed E-state index contributed by atoms with van der Waals surface area (Å²) in [6, 6.07) is 5.91. The van der Waals surface area contributed by atoms with Crippen LogP contribution in [0.5, 0.6) is 5.75 Å². The van der Waals surface area contributed by atoms with E-state index in [9.17, 15) is 13.6 Å². The molecule has 2 N–H and O–H groups in total. The molecule has 0 fully saturated rings. The average molecular weight is 286 g/mol. The van der Waals surface area contributed by atoms with Crippen molar-refractivity contribution in [2.75, 3.05) is 6.54 Å². The molecule has 0 saturated carbocycles. The molecule has 4 nitrogen and oxygen atoms in total. The van der Waals surface area contributed by atoms with Crippen LogP contribution < -0.4 is 15.4 Å². The highest BCUT2D eigenvalue weighted by Crippen LogP contribution is 2.20. The van der Waals surface area contributed by atoms with Gasteiger partial charge in [0, 0.05) is 12.6 Å². The van der Waals surface area contributed by atoms with Crippen molar-refractivity contribution in [3.05, 3.63) is 29.8 Å². The van der Waals surface area contributed by atoms with Gasteiger partial charge < -0.3 is 10.1 Å². The summed E-state index contributed by atoms with van der Waals surface area (Å²) in [5.41, 5.74) is 0.777. The molecule has 0 radical (unpaired) electrons. The van der Waals surface area contributed by atoms with E-state index in [0.717, 1.165) is 5.56 Å². The van der Waals surface area contributed by atoms with Gasteiger partial charge in [0.1, 0.15) is 5.75 Å². The van der Waals surface area contributed by atoms with Crippen LogP contribution in [0.3, 0.4) is 0 Å². The quantitative estimate of drug-likeness (QED) is 0.809. The number of hydrogen-bond donors (Lipinski definition) is 2. The summed E-state index contributed by atoms with van der Waals surface area (Å²) in [5.74, 6) is 0.0103. The zero-order valence-electron chi connectivity index (χ0n) is 11.8. The summed E-state index contributed by atoms with van der Waals surface area (Å²) in [5, 5.41) is 5.82. The number of rotatable bonds is 7. The molecule has 6 heteroatoms. The number of ether oxygens (including phenoxy) is 1. The van der Waals surface area contributed by atoms with Crippen molar-refractivity contribution in [3.8, 4) is 5.75 Å². The zero-order chi connectivity index (χ0) is 15.1. The third-order valence-electron chi connectivity index (χ3n) is 2.83. The minimum atomic E-state index is -2.84. The topological polar surface area (TPSA) is 50.4 Å². The van der Waals surface area contributed by atoms with Crippen molar-refractivity contribution in [3.63, 3.8) is 0 Å². The molecule has 112 valence electrons. The molecule has 2 atom stereocenters. The number of hydrogen-bond acceptors (Lipinski definition) is 3. The second-order valence-corrected chi connectivity index (χ2v) is 4.46.